The van der Waals surface area contributed by atoms with Crippen LogP contribution in [-0.2, 0) is 6.54 Å². The molecule has 2 N–H and O–H groups in total. The van der Waals surface area contributed by atoms with E-state index in [1.165, 1.54) is 12.1 Å². The maximum absolute atomic E-state index is 14.6. The number of likely N-dealkylation sites (N-methyl/N-ethyl adjacent to an activating group) is 1. The maximum Gasteiger partial charge on any atom is 0.261 e. The number of aromatic amines is 2. The average molecular weight is 614 g/mol. The largest absolute Gasteiger partial charge is 0.492 e. The molecule has 5 aromatic heterocycles. The van der Waals surface area contributed by atoms with Crippen LogP contribution in [0.25, 0.3) is 56.1 Å². The van der Waals surface area contributed by atoms with Gasteiger partial charge in [-0.05, 0) is 56.1 Å². The third-order valence-corrected chi connectivity index (χ3v) is 7.73. The van der Waals surface area contributed by atoms with Crippen LogP contribution in [0.3, 0.4) is 0 Å². The van der Waals surface area contributed by atoms with Crippen molar-refractivity contribution in [1.29, 1.82) is 0 Å². The third-order valence-electron chi connectivity index (χ3n) is 7.73. The van der Waals surface area contributed by atoms with Crippen LogP contribution in [0.5, 0.6) is 5.75 Å². The van der Waals surface area contributed by atoms with E-state index in [0.717, 1.165) is 11.1 Å². The molecule has 45 heavy (non-hydrogen) atoms. The zero-order valence-electron chi connectivity index (χ0n) is 24.7. The van der Waals surface area contributed by atoms with Crippen molar-refractivity contribution in [2.24, 2.45) is 0 Å². The normalized spacial score (nSPS) is 15.1. The number of alkyl halides is 2. The number of benzene rings is 1. The molecule has 1 aromatic carbocycles. The Hall–Kier alpha value is -4.88. The number of likely N-dealkylation sites (tertiary alicyclic amines) is 1. The molecule has 0 saturated carbocycles. The minimum absolute atomic E-state index is 0.129. The van der Waals surface area contributed by atoms with Crippen molar-refractivity contribution in [1.82, 2.24) is 44.9 Å². The molecule has 0 unspecified atom stereocenters. The molecule has 1 fully saturated rings. The van der Waals surface area contributed by atoms with Gasteiger partial charge in [0.2, 0.25) is 0 Å². The van der Waals surface area contributed by atoms with Crippen molar-refractivity contribution in [2.45, 2.75) is 18.9 Å². The highest BCUT2D eigenvalue weighted by Gasteiger charge is 2.38. The van der Waals surface area contributed by atoms with Crippen molar-refractivity contribution < 1.29 is 17.9 Å². The molecule has 13 heteroatoms. The molecule has 0 bridgehead atoms. The Balaban J connectivity index is 1.20. The summed E-state index contributed by atoms with van der Waals surface area (Å²) in [6.07, 6.45) is 4.90. The summed E-state index contributed by atoms with van der Waals surface area (Å²) in [5.74, 6) is -2.21. The average Bonchev–Trinajstić information content (AvgIpc) is 3.72. The minimum Gasteiger partial charge on any atom is -0.492 e. The Bertz CT molecular complexity index is 2010. The fourth-order valence-electron chi connectivity index (χ4n) is 5.53. The number of fused-ring (bicyclic) bond motifs is 2. The summed E-state index contributed by atoms with van der Waals surface area (Å²) in [7, 11) is 3.88. The summed E-state index contributed by atoms with van der Waals surface area (Å²) >= 11 is 0. The number of pyridine rings is 3. The number of halogens is 3. The lowest BCUT2D eigenvalue weighted by Gasteiger charge is -2.15. The van der Waals surface area contributed by atoms with Gasteiger partial charge in [-0.3, -0.25) is 20.0 Å². The van der Waals surface area contributed by atoms with Gasteiger partial charge in [-0.2, -0.15) is 5.10 Å². The predicted octanol–water partition coefficient (Wildman–Crippen LogP) is 5.55. The van der Waals surface area contributed by atoms with Gasteiger partial charge in [0.15, 0.2) is 11.5 Å². The van der Waals surface area contributed by atoms with E-state index in [1.54, 1.807) is 35.6 Å². The number of ether oxygens (including phenoxy) is 1. The summed E-state index contributed by atoms with van der Waals surface area (Å²) in [6, 6.07) is 12.0. The van der Waals surface area contributed by atoms with Gasteiger partial charge in [0.05, 0.1) is 29.0 Å². The number of rotatable bonds is 9. The first-order chi connectivity index (χ1) is 21.7. The number of nitrogens with one attached hydrogen (secondary N) is 2. The summed E-state index contributed by atoms with van der Waals surface area (Å²) in [5.41, 5.74) is 6.35. The standard InChI is InChI=1S/C32H30F3N9O/c1-43(2)9-10-45-23-13-20(12-22(33)14-23)27-28-25(5-7-37-27)39-31(40-28)30-29-26(41-42-30)4-3-24(38-29)21-11-19(15-36-16-21)17-44-8-6-32(34,35)18-44/h3-5,7,11-16H,6,8-10,17-18H2,1-2H3,(H,39,40)(H,41,42). The number of nitrogens with zero attached hydrogens (tertiary/aromatic N) is 7. The van der Waals surface area contributed by atoms with Crippen LogP contribution >= 0.6 is 0 Å². The third kappa shape index (κ3) is 6.08. The molecule has 0 radical (unpaired) electrons. The van der Waals surface area contributed by atoms with E-state index in [-0.39, 0.29) is 13.0 Å². The van der Waals surface area contributed by atoms with Gasteiger partial charge in [-0.15, -0.1) is 0 Å². The van der Waals surface area contributed by atoms with E-state index >= 15 is 0 Å². The molecule has 230 valence electrons. The highest BCUT2D eigenvalue weighted by Crippen LogP contribution is 2.33. The molecule has 1 saturated heterocycles. The van der Waals surface area contributed by atoms with Crippen molar-refractivity contribution in [2.75, 3.05) is 40.3 Å². The van der Waals surface area contributed by atoms with Gasteiger partial charge in [-0.25, -0.2) is 23.1 Å². The highest BCUT2D eigenvalue weighted by molar-refractivity contribution is 5.95. The SMILES string of the molecule is CN(C)CCOc1cc(F)cc(-c2nccc3[nH]c(-c4n[nH]c5ccc(-c6cncc(CN7CCC(F)(F)C7)c6)nc45)nc23)c1. The van der Waals surface area contributed by atoms with Crippen LogP contribution in [-0.4, -0.2) is 91.2 Å². The maximum atomic E-state index is 14.6. The Kier molecular flexibility index (Phi) is 7.42. The Morgan fingerprint density at radius 2 is 1.84 bits per heavy atom. The minimum atomic E-state index is -2.65. The van der Waals surface area contributed by atoms with Crippen LogP contribution in [0.4, 0.5) is 13.2 Å². The molecule has 0 atom stereocenters. The second kappa shape index (κ2) is 11.6. The molecular formula is C32H30F3N9O. The lowest BCUT2D eigenvalue weighted by molar-refractivity contribution is 0.0115. The topological polar surface area (TPSA) is 112 Å². The van der Waals surface area contributed by atoms with Crippen molar-refractivity contribution >= 4 is 22.1 Å². The number of aromatic nitrogens is 7. The molecule has 0 aliphatic carbocycles. The first kappa shape index (κ1) is 28.9. The van der Waals surface area contributed by atoms with Crippen LogP contribution in [0.2, 0.25) is 0 Å². The van der Waals surface area contributed by atoms with Crippen molar-refractivity contribution in [3.63, 3.8) is 0 Å². The van der Waals surface area contributed by atoms with E-state index in [1.807, 2.05) is 37.2 Å². The number of H-pyrrole nitrogens is 2. The molecule has 6 aromatic rings. The van der Waals surface area contributed by atoms with Crippen molar-refractivity contribution in [3.05, 3.63) is 72.4 Å². The van der Waals surface area contributed by atoms with Gasteiger partial charge < -0.3 is 14.6 Å². The molecular weight excluding hydrogens is 583 g/mol. The number of imidazole rings is 1. The molecule has 1 aliphatic rings. The van der Waals surface area contributed by atoms with Crippen LogP contribution in [0, 0.1) is 5.82 Å². The summed E-state index contributed by atoms with van der Waals surface area (Å²) in [4.78, 5) is 25.6. The van der Waals surface area contributed by atoms with Gasteiger partial charge in [0.25, 0.3) is 5.92 Å². The predicted molar refractivity (Wildman–Crippen MR) is 164 cm³/mol. The smallest absolute Gasteiger partial charge is 0.261 e. The van der Waals surface area contributed by atoms with Crippen LogP contribution in [0.15, 0.2) is 61.1 Å². The first-order valence-electron chi connectivity index (χ1n) is 14.5. The van der Waals surface area contributed by atoms with Gasteiger partial charge in [-0.1, -0.05) is 0 Å². The summed E-state index contributed by atoms with van der Waals surface area (Å²) < 4.78 is 47.8. The molecule has 6 heterocycles. The lowest BCUT2D eigenvalue weighted by atomic mass is 10.1. The van der Waals surface area contributed by atoms with E-state index in [2.05, 4.69) is 25.1 Å². The number of hydrogen-bond acceptors (Lipinski definition) is 8. The van der Waals surface area contributed by atoms with Gasteiger partial charge in [0.1, 0.15) is 29.2 Å². The van der Waals surface area contributed by atoms with Crippen LogP contribution < -0.4 is 4.74 Å². The highest BCUT2D eigenvalue weighted by atomic mass is 19.3. The zero-order chi connectivity index (χ0) is 31.1. The van der Waals surface area contributed by atoms with E-state index in [0.29, 0.717) is 82.5 Å². The molecule has 0 spiro atoms. The lowest BCUT2D eigenvalue weighted by Crippen LogP contribution is -2.24. The second-order valence-electron chi connectivity index (χ2n) is 11.5. The monoisotopic (exact) mass is 613 g/mol. The number of hydrogen-bond donors (Lipinski definition) is 2. The quantitative estimate of drug-likeness (QED) is 0.219. The van der Waals surface area contributed by atoms with Crippen molar-refractivity contribution in [3.8, 4) is 39.8 Å². The second-order valence-corrected chi connectivity index (χ2v) is 11.5. The fourth-order valence-corrected chi connectivity index (χ4v) is 5.53. The van der Waals surface area contributed by atoms with Gasteiger partial charge in [0, 0.05) is 61.8 Å². The Morgan fingerprint density at radius 3 is 2.67 bits per heavy atom. The summed E-state index contributed by atoms with van der Waals surface area (Å²) in [6.45, 7) is 1.59. The first-order valence-corrected chi connectivity index (χ1v) is 14.5. The van der Waals surface area contributed by atoms with Crippen LogP contribution in [0.1, 0.15) is 12.0 Å². The Morgan fingerprint density at radius 1 is 0.978 bits per heavy atom. The summed E-state index contributed by atoms with van der Waals surface area (Å²) in [5, 5.41) is 7.51. The zero-order valence-corrected chi connectivity index (χ0v) is 24.7. The Labute approximate surface area is 256 Å². The van der Waals surface area contributed by atoms with E-state index < -0.39 is 11.7 Å². The van der Waals surface area contributed by atoms with Gasteiger partial charge >= 0.3 is 0 Å². The van der Waals surface area contributed by atoms with E-state index in [4.69, 9.17) is 14.7 Å². The molecule has 10 nitrogen and oxygen atoms in total. The molecule has 0 amide bonds. The fraction of sp³-hybridized carbons (Fsp3) is 0.281. The molecule has 7 rings (SSSR count). The molecule has 1 aliphatic heterocycles. The van der Waals surface area contributed by atoms with E-state index in [9.17, 15) is 13.2 Å².